The molecule has 24 heavy (non-hydrogen) atoms. The third kappa shape index (κ3) is 2.25. The first-order valence-electron chi connectivity index (χ1n) is 9.71. The zero-order chi connectivity index (χ0) is 17.1. The van der Waals surface area contributed by atoms with Crippen molar-refractivity contribution in [2.24, 2.45) is 28.6 Å². The Balaban J connectivity index is 1.62. The van der Waals surface area contributed by atoms with Crippen LogP contribution in [-0.4, -0.2) is 28.5 Å². The Labute approximate surface area is 144 Å². The molecule has 4 unspecified atom stereocenters. The maximum absolute atomic E-state index is 11.2. The quantitative estimate of drug-likeness (QED) is 0.636. The topological polar surface area (TPSA) is 69.6 Å². The van der Waals surface area contributed by atoms with Crippen molar-refractivity contribution in [1.29, 1.82) is 0 Å². The van der Waals surface area contributed by atoms with Crippen molar-refractivity contribution in [3.8, 4) is 0 Å². The Morgan fingerprint density at radius 3 is 2.71 bits per heavy atom. The van der Waals surface area contributed by atoms with Crippen molar-refractivity contribution in [2.45, 2.75) is 77.4 Å². The standard InChI is InChI=1S/C20H31NO3/c1-19-9-7-13(22)11-12(19)3-4-14-15-5-6-17(21-18(23)24)20(15,2)10-8-16(14)19/h3,13-17,21-22H,4-11H2,1-2H3,(H,23,24)/t13-,14?,15?,16?,17?,19-,20-/m0/s1. The van der Waals surface area contributed by atoms with E-state index in [0.717, 1.165) is 44.9 Å². The van der Waals surface area contributed by atoms with E-state index in [0.29, 0.717) is 17.8 Å². The lowest BCUT2D eigenvalue weighted by atomic mass is 9.48. The molecule has 7 atom stereocenters. The molecule has 0 aromatic carbocycles. The molecule has 1 amide bonds. The van der Waals surface area contributed by atoms with Crippen LogP contribution in [0.3, 0.4) is 0 Å². The average Bonchev–Trinajstić information content (AvgIpc) is 2.84. The summed E-state index contributed by atoms with van der Waals surface area (Å²) in [6, 6.07) is 0.118. The lowest BCUT2D eigenvalue weighted by Gasteiger charge is -2.57. The molecule has 4 aliphatic rings. The van der Waals surface area contributed by atoms with Gasteiger partial charge in [0.05, 0.1) is 6.10 Å². The Bertz CT molecular complexity index is 573. The number of hydrogen-bond acceptors (Lipinski definition) is 2. The number of fused-ring (bicyclic) bond motifs is 5. The van der Waals surface area contributed by atoms with Crippen molar-refractivity contribution in [1.82, 2.24) is 5.32 Å². The van der Waals surface area contributed by atoms with Gasteiger partial charge in [-0.25, -0.2) is 4.79 Å². The molecule has 0 saturated heterocycles. The van der Waals surface area contributed by atoms with E-state index in [9.17, 15) is 15.0 Å². The van der Waals surface area contributed by atoms with Crippen LogP contribution in [0.5, 0.6) is 0 Å². The summed E-state index contributed by atoms with van der Waals surface area (Å²) in [6.07, 6.45) is 9.94. The van der Waals surface area contributed by atoms with Gasteiger partial charge in [0, 0.05) is 6.04 Å². The van der Waals surface area contributed by atoms with Gasteiger partial charge < -0.3 is 15.5 Å². The van der Waals surface area contributed by atoms with Crippen molar-refractivity contribution >= 4 is 6.09 Å². The summed E-state index contributed by atoms with van der Waals surface area (Å²) in [7, 11) is 0. The van der Waals surface area contributed by atoms with Gasteiger partial charge >= 0.3 is 6.09 Å². The summed E-state index contributed by atoms with van der Waals surface area (Å²) >= 11 is 0. The van der Waals surface area contributed by atoms with E-state index in [2.05, 4.69) is 25.2 Å². The van der Waals surface area contributed by atoms with E-state index in [1.54, 1.807) is 0 Å². The van der Waals surface area contributed by atoms with Gasteiger partial charge in [-0.3, -0.25) is 0 Å². The van der Waals surface area contributed by atoms with Crippen molar-refractivity contribution < 1.29 is 15.0 Å². The molecule has 3 fully saturated rings. The summed E-state index contributed by atoms with van der Waals surface area (Å²) in [4.78, 5) is 11.2. The fraction of sp³-hybridized carbons (Fsp3) is 0.850. The van der Waals surface area contributed by atoms with Crippen molar-refractivity contribution in [2.75, 3.05) is 0 Å². The van der Waals surface area contributed by atoms with E-state index in [4.69, 9.17) is 0 Å². The summed E-state index contributed by atoms with van der Waals surface area (Å²) in [5, 5.41) is 22.1. The van der Waals surface area contributed by atoms with Crippen molar-refractivity contribution in [3.63, 3.8) is 0 Å². The summed E-state index contributed by atoms with van der Waals surface area (Å²) in [6.45, 7) is 4.76. The van der Waals surface area contributed by atoms with Crippen LogP contribution >= 0.6 is 0 Å². The molecule has 4 aliphatic carbocycles. The second kappa shape index (κ2) is 5.48. The number of rotatable bonds is 1. The van der Waals surface area contributed by atoms with Crippen LogP contribution in [0.4, 0.5) is 4.79 Å². The average molecular weight is 333 g/mol. The van der Waals surface area contributed by atoms with Gasteiger partial charge in [0.25, 0.3) is 0 Å². The number of amides is 1. The lowest BCUT2D eigenvalue weighted by molar-refractivity contribution is -0.0427. The Morgan fingerprint density at radius 2 is 1.96 bits per heavy atom. The highest BCUT2D eigenvalue weighted by Gasteiger charge is 2.58. The number of carboxylic acid groups (broad SMARTS) is 1. The van der Waals surface area contributed by atoms with E-state index < -0.39 is 6.09 Å². The van der Waals surface area contributed by atoms with E-state index in [-0.39, 0.29) is 23.0 Å². The first-order chi connectivity index (χ1) is 11.3. The molecule has 0 bridgehead atoms. The molecule has 3 saturated carbocycles. The number of allylic oxidation sites excluding steroid dienone is 1. The molecule has 4 heteroatoms. The minimum Gasteiger partial charge on any atom is -0.465 e. The van der Waals surface area contributed by atoms with Gasteiger partial charge in [0.1, 0.15) is 0 Å². The monoisotopic (exact) mass is 333 g/mol. The molecule has 0 aliphatic heterocycles. The molecule has 0 heterocycles. The predicted octanol–water partition coefficient (Wildman–Crippen LogP) is 3.95. The predicted molar refractivity (Wildman–Crippen MR) is 92.7 cm³/mol. The molecular weight excluding hydrogens is 302 g/mol. The molecule has 0 radical (unpaired) electrons. The normalized spacial score (nSPS) is 50.3. The molecule has 0 spiro atoms. The van der Waals surface area contributed by atoms with Crippen molar-refractivity contribution in [3.05, 3.63) is 11.6 Å². The minimum absolute atomic E-state index is 0.118. The van der Waals surface area contributed by atoms with Gasteiger partial charge in [-0.15, -0.1) is 0 Å². The summed E-state index contributed by atoms with van der Waals surface area (Å²) in [5.41, 5.74) is 1.89. The largest absolute Gasteiger partial charge is 0.465 e. The number of aliphatic hydroxyl groups excluding tert-OH is 1. The number of nitrogens with one attached hydrogen (secondary N) is 1. The number of carbonyl (C=O) groups is 1. The zero-order valence-electron chi connectivity index (χ0n) is 14.9. The summed E-state index contributed by atoms with van der Waals surface area (Å²) in [5.74, 6) is 2.04. The number of hydrogen-bond donors (Lipinski definition) is 3. The highest BCUT2D eigenvalue weighted by molar-refractivity contribution is 5.65. The molecule has 3 N–H and O–H groups in total. The fourth-order valence-electron chi connectivity index (χ4n) is 7.03. The maximum atomic E-state index is 11.2. The second-order valence-corrected chi connectivity index (χ2v) is 9.28. The van der Waals surface area contributed by atoms with Gasteiger partial charge in [-0.1, -0.05) is 25.5 Å². The lowest BCUT2D eigenvalue weighted by Crippen LogP contribution is -2.53. The molecule has 134 valence electrons. The van der Waals surface area contributed by atoms with Gasteiger partial charge in [0.15, 0.2) is 0 Å². The molecule has 4 nitrogen and oxygen atoms in total. The van der Waals surface area contributed by atoms with Gasteiger partial charge in [0.2, 0.25) is 0 Å². The third-order valence-electron chi connectivity index (χ3n) is 8.38. The first kappa shape index (κ1) is 16.4. The molecule has 4 rings (SSSR count). The van der Waals surface area contributed by atoms with Crippen LogP contribution in [0, 0.1) is 28.6 Å². The Morgan fingerprint density at radius 1 is 1.17 bits per heavy atom. The van der Waals surface area contributed by atoms with Crippen LogP contribution in [0.25, 0.3) is 0 Å². The van der Waals surface area contributed by atoms with Gasteiger partial charge in [-0.2, -0.15) is 0 Å². The highest BCUT2D eigenvalue weighted by atomic mass is 16.4. The zero-order valence-corrected chi connectivity index (χ0v) is 14.9. The first-order valence-corrected chi connectivity index (χ1v) is 9.71. The van der Waals surface area contributed by atoms with Crippen LogP contribution in [0.15, 0.2) is 11.6 Å². The minimum atomic E-state index is -0.872. The molecule has 0 aromatic rings. The van der Waals surface area contributed by atoms with Gasteiger partial charge in [-0.05, 0) is 80.0 Å². The van der Waals surface area contributed by atoms with E-state index in [1.165, 1.54) is 12.0 Å². The number of aliphatic hydroxyl groups is 1. The second-order valence-electron chi connectivity index (χ2n) is 9.28. The van der Waals surface area contributed by atoms with Crippen LogP contribution in [0.2, 0.25) is 0 Å². The smallest absolute Gasteiger partial charge is 0.404 e. The molecule has 0 aromatic heterocycles. The SMILES string of the molecule is C[C@]12CCC3C(CC=C4C[C@@H](O)CC[C@@]43C)C1CCC2NC(=O)O. The maximum Gasteiger partial charge on any atom is 0.404 e. The fourth-order valence-corrected chi connectivity index (χ4v) is 7.03. The van der Waals surface area contributed by atoms with E-state index in [1.807, 2.05) is 0 Å². The highest BCUT2D eigenvalue weighted by Crippen LogP contribution is 2.64. The van der Waals surface area contributed by atoms with Crippen LogP contribution in [0.1, 0.15) is 65.2 Å². The molecular formula is C20H31NO3. The van der Waals surface area contributed by atoms with Crippen LogP contribution < -0.4 is 5.32 Å². The summed E-state index contributed by atoms with van der Waals surface area (Å²) < 4.78 is 0. The van der Waals surface area contributed by atoms with Crippen LogP contribution in [-0.2, 0) is 0 Å². The Kier molecular flexibility index (Phi) is 3.76. The van der Waals surface area contributed by atoms with E-state index >= 15 is 0 Å². The Hall–Kier alpha value is -1.03. The third-order valence-corrected chi connectivity index (χ3v) is 8.38.